The summed E-state index contributed by atoms with van der Waals surface area (Å²) >= 11 is 0. The van der Waals surface area contributed by atoms with Gasteiger partial charge >= 0.3 is 0 Å². The highest BCUT2D eigenvalue weighted by atomic mass is 14.9. The van der Waals surface area contributed by atoms with Crippen molar-refractivity contribution < 1.29 is 0 Å². The number of hydrogen-bond acceptors (Lipinski definition) is 1. The van der Waals surface area contributed by atoms with Crippen LogP contribution in [-0.2, 0) is 0 Å². The van der Waals surface area contributed by atoms with E-state index in [-0.39, 0.29) is 0 Å². The standard InChI is InChI=1S/C6H12BN/c1-5-2-3-6(7)4-8-5/h3,5,8H,2,4,7H2,1H3. The van der Waals surface area contributed by atoms with Crippen LogP contribution in [0.4, 0.5) is 0 Å². The summed E-state index contributed by atoms with van der Waals surface area (Å²) in [5, 5.41) is 3.36. The fourth-order valence-electron chi connectivity index (χ4n) is 0.869. The van der Waals surface area contributed by atoms with Gasteiger partial charge in [-0.2, -0.15) is 0 Å². The molecule has 0 amide bonds. The van der Waals surface area contributed by atoms with Crippen LogP contribution >= 0.6 is 0 Å². The monoisotopic (exact) mass is 109 g/mol. The van der Waals surface area contributed by atoms with Gasteiger partial charge in [0.25, 0.3) is 0 Å². The molecule has 0 aromatic rings. The molecule has 0 aromatic carbocycles. The van der Waals surface area contributed by atoms with Gasteiger partial charge in [-0.25, -0.2) is 0 Å². The molecule has 0 fully saturated rings. The maximum Gasteiger partial charge on any atom is 0.135 e. The van der Waals surface area contributed by atoms with Crippen molar-refractivity contribution in [1.29, 1.82) is 0 Å². The van der Waals surface area contributed by atoms with Crippen molar-refractivity contribution in [3.8, 4) is 0 Å². The topological polar surface area (TPSA) is 12.0 Å². The molecule has 0 saturated heterocycles. The molecule has 1 N–H and O–H groups in total. The van der Waals surface area contributed by atoms with Crippen molar-refractivity contribution in [3.63, 3.8) is 0 Å². The second-order valence-electron chi connectivity index (χ2n) is 2.57. The number of nitrogens with one attached hydrogen (secondary N) is 1. The molecule has 1 rings (SSSR count). The van der Waals surface area contributed by atoms with E-state index in [0.29, 0.717) is 6.04 Å². The van der Waals surface area contributed by atoms with Crippen molar-refractivity contribution in [2.24, 2.45) is 0 Å². The van der Waals surface area contributed by atoms with Crippen LogP contribution in [-0.4, -0.2) is 20.4 Å². The molecule has 0 aromatic heterocycles. The highest BCUT2D eigenvalue weighted by Crippen LogP contribution is 2.01. The van der Waals surface area contributed by atoms with Gasteiger partial charge in [0.1, 0.15) is 7.85 Å². The highest BCUT2D eigenvalue weighted by Gasteiger charge is 2.03. The van der Waals surface area contributed by atoms with E-state index in [2.05, 4.69) is 26.2 Å². The minimum atomic E-state index is 0.693. The zero-order valence-electron chi connectivity index (χ0n) is 5.57. The molecule has 1 heterocycles. The molecule has 2 heteroatoms. The fourth-order valence-corrected chi connectivity index (χ4v) is 0.869. The molecule has 44 valence electrons. The molecule has 0 aliphatic carbocycles. The zero-order valence-corrected chi connectivity index (χ0v) is 5.57. The Morgan fingerprint density at radius 3 is 3.00 bits per heavy atom. The van der Waals surface area contributed by atoms with Crippen molar-refractivity contribution in [1.82, 2.24) is 5.32 Å². The molecule has 1 unspecified atom stereocenters. The fraction of sp³-hybridized carbons (Fsp3) is 0.667. The predicted molar refractivity (Wildman–Crippen MR) is 38.7 cm³/mol. The zero-order chi connectivity index (χ0) is 5.98. The van der Waals surface area contributed by atoms with E-state index in [1.165, 1.54) is 11.9 Å². The van der Waals surface area contributed by atoms with Crippen LogP contribution in [0.2, 0.25) is 0 Å². The maximum absolute atomic E-state index is 3.36. The van der Waals surface area contributed by atoms with Crippen LogP contribution in [0.15, 0.2) is 11.5 Å². The van der Waals surface area contributed by atoms with Gasteiger partial charge in [0.05, 0.1) is 0 Å². The first-order valence-electron chi connectivity index (χ1n) is 3.18. The lowest BCUT2D eigenvalue weighted by Gasteiger charge is -2.17. The molecule has 1 aliphatic rings. The van der Waals surface area contributed by atoms with Crippen LogP contribution in [0, 0.1) is 0 Å². The SMILES string of the molecule is BC1=CCC(C)NC1. The Bertz CT molecular complexity index is 109. The largest absolute Gasteiger partial charge is 0.311 e. The molecular formula is C6H12BN. The first kappa shape index (κ1) is 5.89. The van der Waals surface area contributed by atoms with E-state index >= 15 is 0 Å². The summed E-state index contributed by atoms with van der Waals surface area (Å²) in [6.45, 7) is 3.30. The predicted octanol–water partition coefficient (Wildman–Crippen LogP) is -0.115. The molecule has 0 saturated carbocycles. The van der Waals surface area contributed by atoms with Gasteiger partial charge in [-0.15, -0.1) is 5.47 Å². The summed E-state index contributed by atoms with van der Waals surface area (Å²) in [6, 6.07) is 0.693. The van der Waals surface area contributed by atoms with Gasteiger partial charge in [-0.05, 0) is 13.3 Å². The molecule has 1 nitrogen and oxygen atoms in total. The Balaban J connectivity index is 2.42. The van der Waals surface area contributed by atoms with Crippen molar-refractivity contribution in [2.75, 3.05) is 6.54 Å². The minimum absolute atomic E-state index is 0.693. The maximum atomic E-state index is 3.36. The second-order valence-corrected chi connectivity index (χ2v) is 2.57. The van der Waals surface area contributed by atoms with Crippen LogP contribution in [0.5, 0.6) is 0 Å². The summed E-state index contributed by atoms with van der Waals surface area (Å²) in [6.07, 6.45) is 3.51. The van der Waals surface area contributed by atoms with Crippen molar-refractivity contribution in [2.45, 2.75) is 19.4 Å². The second kappa shape index (κ2) is 2.36. The molecule has 0 bridgehead atoms. The minimum Gasteiger partial charge on any atom is -0.311 e. The lowest BCUT2D eigenvalue weighted by molar-refractivity contribution is 0.566. The van der Waals surface area contributed by atoms with E-state index in [1.807, 2.05) is 0 Å². The van der Waals surface area contributed by atoms with E-state index in [4.69, 9.17) is 0 Å². The van der Waals surface area contributed by atoms with Crippen LogP contribution in [0.1, 0.15) is 13.3 Å². The average molecular weight is 109 g/mol. The molecule has 1 aliphatic heterocycles. The summed E-state index contributed by atoms with van der Waals surface area (Å²) < 4.78 is 0. The summed E-state index contributed by atoms with van der Waals surface area (Å²) in [7, 11) is 2.17. The highest BCUT2D eigenvalue weighted by molar-refractivity contribution is 6.21. The molecule has 8 heavy (non-hydrogen) atoms. The smallest absolute Gasteiger partial charge is 0.135 e. The van der Waals surface area contributed by atoms with E-state index in [0.717, 1.165) is 6.54 Å². The van der Waals surface area contributed by atoms with Gasteiger partial charge < -0.3 is 5.32 Å². The molecule has 0 radical (unpaired) electrons. The Morgan fingerprint density at radius 2 is 2.62 bits per heavy atom. The van der Waals surface area contributed by atoms with Crippen LogP contribution in [0.25, 0.3) is 0 Å². The summed E-state index contributed by atoms with van der Waals surface area (Å²) in [4.78, 5) is 0. The lowest BCUT2D eigenvalue weighted by atomic mass is 9.91. The third kappa shape index (κ3) is 1.37. The van der Waals surface area contributed by atoms with Crippen LogP contribution in [0.3, 0.4) is 0 Å². The number of rotatable bonds is 0. The normalized spacial score (nSPS) is 29.6. The molecule has 1 atom stereocenters. The summed E-state index contributed by atoms with van der Waals surface area (Å²) in [5.41, 5.74) is 1.48. The number of hydrogen-bond donors (Lipinski definition) is 1. The van der Waals surface area contributed by atoms with Crippen molar-refractivity contribution in [3.05, 3.63) is 11.5 Å². The van der Waals surface area contributed by atoms with Crippen LogP contribution < -0.4 is 5.32 Å². The van der Waals surface area contributed by atoms with Gasteiger partial charge in [0.15, 0.2) is 0 Å². The summed E-state index contributed by atoms with van der Waals surface area (Å²) in [5.74, 6) is 0. The molecular weight excluding hydrogens is 96.9 g/mol. The Kier molecular flexibility index (Phi) is 1.74. The molecule has 0 spiro atoms. The Labute approximate surface area is 51.6 Å². The van der Waals surface area contributed by atoms with E-state index in [1.54, 1.807) is 0 Å². The Morgan fingerprint density at radius 1 is 1.88 bits per heavy atom. The van der Waals surface area contributed by atoms with Gasteiger partial charge in [-0.1, -0.05) is 6.08 Å². The average Bonchev–Trinajstić information content (AvgIpc) is 1.77. The van der Waals surface area contributed by atoms with E-state index < -0.39 is 0 Å². The third-order valence-corrected chi connectivity index (χ3v) is 1.55. The lowest BCUT2D eigenvalue weighted by Crippen LogP contribution is -2.31. The first-order valence-corrected chi connectivity index (χ1v) is 3.18. The first-order chi connectivity index (χ1) is 3.79. The van der Waals surface area contributed by atoms with Gasteiger partial charge in [0, 0.05) is 12.6 Å². The van der Waals surface area contributed by atoms with Crippen molar-refractivity contribution >= 4 is 7.85 Å². The quantitative estimate of drug-likeness (QED) is 0.428. The van der Waals surface area contributed by atoms with Gasteiger partial charge in [-0.3, -0.25) is 0 Å². The van der Waals surface area contributed by atoms with E-state index in [9.17, 15) is 0 Å². The third-order valence-electron chi connectivity index (χ3n) is 1.55. The Hall–Kier alpha value is -0.235. The van der Waals surface area contributed by atoms with Gasteiger partial charge in [0.2, 0.25) is 0 Å².